The lowest BCUT2D eigenvalue weighted by Gasteiger charge is -2.02. The second-order valence-electron chi connectivity index (χ2n) is 4.81. The fourth-order valence-corrected chi connectivity index (χ4v) is 2.26. The average Bonchev–Trinajstić information content (AvgIpc) is 2.98. The molecule has 0 radical (unpaired) electrons. The highest BCUT2D eigenvalue weighted by Gasteiger charge is 2.13. The van der Waals surface area contributed by atoms with Crippen molar-refractivity contribution in [3.63, 3.8) is 0 Å². The van der Waals surface area contributed by atoms with Crippen LogP contribution in [0, 0.1) is 17.1 Å². The number of hydrogen-bond donors (Lipinski definition) is 0. The van der Waals surface area contributed by atoms with Crippen LogP contribution in [0.1, 0.15) is 6.42 Å². The van der Waals surface area contributed by atoms with Crippen LogP contribution in [-0.4, -0.2) is 14.8 Å². The number of halogens is 1. The molecule has 3 aromatic rings. The molecule has 2 aromatic heterocycles. The van der Waals surface area contributed by atoms with Gasteiger partial charge in [-0.25, -0.2) is 4.39 Å². The molecule has 0 amide bonds. The molecule has 5 heteroatoms. The number of rotatable bonds is 4. The van der Waals surface area contributed by atoms with Crippen molar-refractivity contribution < 1.29 is 4.39 Å². The highest BCUT2D eigenvalue weighted by atomic mass is 19.1. The van der Waals surface area contributed by atoms with E-state index >= 15 is 0 Å². The van der Waals surface area contributed by atoms with Crippen molar-refractivity contribution in [2.45, 2.75) is 13.0 Å². The van der Waals surface area contributed by atoms with Crippen LogP contribution in [-0.2, 0) is 6.54 Å². The van der Waals surface area contributed by atoms with Gasteiger partial charge in [0.1, 0.15) is 11.5 Å². The summed E-state index contributed by atoms with van der Waals surface area (Å²) in [5.41, 5.74) is 3.53. The van der Waals surface area contributed by atoms with Crippen molar-refractivity contribution in [2.75, 3.05) is 0 Å². The van der Waals surface area contributed by atoms with E-state index in [9.17, 15) is 4.39 Å². The summed E-state index contributed by atoms with van der Waals surface area (Å²) in [6, 6.07) is 12.2. The maximum Gasteiger partial charge on any atom is 0.123 e. The van der Waals surface area contributed by atoms with Gasteiger partial charge in [-0.2, -0.15) is 10.4 Å². The Hall–Kier alpha value is -3.00. The molecule has 0 unspecified atom stereocenters. The van der Waals surface area contributed by atoms with Gasteiger partial charge < -0.3 is 0 Å². The smallest absolute Gasteiger partial charge is 0.123 e. The van der Waals surface area contributed by atoms with E-state index in [0.717, 1.165) is 22.4 Å². The molecule has 0 saturated carbocycles. The summed E-state index contributed by atoms with van der Waals surface area (Å²) in [4.78, 5) is 4.02. The molecule has 0 aliphatic rings. The van der Waals surface area contributed by atoms with Crippen molar-refractivity contribution in [1.82, 2.24) is 14.8 Å². The molecule has 1 aromatic carbocycles. The lowest BCUT2D eigenvalue weighted by molar-refractivity contribution is 0.626. The van der Waals surface area contributed by atoms with E-state index in [-0.39, 0.29) is 5.82 Å². The quantitative estimate of drug-likeness (QED) is 0.737. The van der Waals surface area contributed by atoms with Gasteiger partial charge in [-0.3, -0.25) is 9.67 Å². The largest absolute Gasteiger partial charge is 0.270 e. The summed E-state index contributed by atoms with van der Waals surface area (Å²) in [6.07, 6.45) is 5.73. The zero-order valence-electron chi connectivity index (χ0n) is 11.8. The molecule has 4 nitrogen and oxygen atoms in total. The minimum Gasteiger partial charge on any atom is -0.270 e. The Labute approximate surface area is 127 Å². The Balaban J connectivity index is 2.08. The van der Waals surface area contributed by atoms with Crippen LogP contribution in [0.5, 0.6) is 0 Å². The SMILES string of the molecule is N#CCCn1cc(-c2ccncc2)c(-c2ccc(F)cc2)n1. The van der Waals surface area contributed by atoms with Gasteiger partial charge in [0, 0.05) is 29.7 Å². The van der Waals surface area contributed by atoms with E-state index in [4.69, 9.17) is 5.26 Å². The number of pyridine rings is 1. The molecule has 2 heterocycles. The van der Waals surface area contributed by atoms with Crippen molar-refractivity contribution in [1.29, 1.82) is 5.26 Å². The van der Waals surface area contributed by atoms with Crippen LogP contribution in [0.2, 0.25) is 0 Å². The maximum absolute atomic E-state index is 13.1. The Morgan fingerprint density at radius 1 is 1.05 bits per heavy atom. The predicted octanol–water partition coefficient (Wildman–Crippen LogP) is 3.66. The Morgan fingerprint density at radius 3 is 2.45 bits per heavy atom. The fourth-order valence-electron chi connectivity index (χ4n) is 2.26. The minimum atomic E-state index is -0.280. The molecule has 0 aliphatic heterocycles. The van der Waals surface area contributed by atoms with Gasteiger partial charge in [0.25, 0.3) is 0 Å². The van der Waals surface area contributed by atoms with E-state index in [2.05, 4.69) is 16.2 Å². The third-order valence-corrected chi connectivity index (χ3v) is 3.32. The van der Waals surface area contributed by atoms with Gasteiger partial charge in [-0.05, 0) is 42.0 Å². The first-order valence-corrected chi connectivity index (χ1v) is 6.88. The fraction of sp³-hybridized carbons (Fsp3) is 0.118. The number of hydrogen-bond acceptors (Lipinski definition) is 3. The number of aryl methyl sites for hydroxylation is 1. The van der Waals surface area contributed by atoms with Gasteiger partial charge in [-0.1, -0.05) is 0 Å². The van der Waals surface area contributed by atoms with Crippen molar-refractivity contribution in [3.8, 4) is 28.5 Å². The van der Waals surface area contributed by atoms with Crippen LogP contribution >= 0.6 is 0 Å². The van der Waals surface area contributed by atoms with Crippen LogP contribution in [0.3, 0.4) is 0 Å². The molecular formula is C17H13FN4. The van der Waals surface area contributed by atoms with Crippen molar-refractivity contribution in [3.05, 3.63) is 60.8 Å². The summed E-state index contributed by atoms with van der Waals surface area (Å²) in [6.45, 7) is 0.524. The third-order valence-electron chi connectivity index (χ3n) is 3.32. The van der Waals surface area contributed by atoms with Crippen LogP contribution in [0.15, 0.2) is 55.0 Å². The minimum absolute atomic E-state index is 0.280. The highest BCUT2D eigenvalue weighted by Crippen LogP contribution is 2.30. The van der Waals surface area contributed by atoms with Crippen molar-refractivity contribution in [2.24, 2.45) is 0 Å². The molecule has 0 N–H and O–H groups in total. The molecule has 0 saturated heterocycles. The van der Waals surface area contributed by atoms with E-state index in [1.54, 1.807) is 29.2 Å². The van der Waals surface area contributed by atoms with Crippen molar-refractivity contribution >= 4 is 0 Å². The second kappa shape index (κ2) is 6.19. The zero-order chi connectivity index (χ0) is 15.4. The molecule has 0 bridgehead atoms. The predicted molar refractivity (Wildman–Crippen MR) is 81.1 cm³/mol. The number of aromatic nitrogens is 3. The second-order valence-corrected chi connectivity index (χ2v) is 4.81. The monoisotopic (exact) mass is 292 g/mol. The van der Waals surface area contributed by atoms with E-state index in [0.29, 0.717) is 13.0 Å². The Morgan fingerprint density at radius 2 is 1.77 bits per heavy atom. The summed E-state index contributed by atoms with van der Waals surface area (Å²) in [5.74, 6) is -0.280. The molecule has 108 valence electrons. The number of nitriles is 1. The normalized spacial score (nSPS) is 10.4. The Kier molecular flexibility index (Phi) is 3.92. The summed E-state index contributed by atoms with van der Waals surface area (Å²) < 4.78 is 14.9. The van der Waals surface area contributed by atoms with Gasteiger partial charge in [0.05, 0.1) is 19.0 Å². The summed E-state index contributed by atoms with van der Waals surface area (Å²) >= 11 is 0. The number of nitrogens with zero attached hydrogens (tertiary/aromatic N) is 4. The average molecular weight is 292 g/mol. The molecule has 0 aliphatic carbocycles. The topological polar surface area (TPSA) is 54.5 Å². The molecule has 3 rings (SSSR count). The molecular weight excluding hydrogens is 279 g/mol. The standard InChI is InChI=1S/C17H13FN4/c18-15-4-2-14(3-5-15)17-16(13-6-9-20-10-7-13)12-22(21-17)11-1-8-19/h2-7,9-10,12H,1,11H2. The van der Waals surface area contributed by atoms with Crippen LogP contribution < -0.4 is 0 Å². The van der Waals surface area contributed by atoms with E-state index in [1.165, 1.54) is 12.1 Å². The van der Waals surface area contributed by atoms with E-state index in [1.807, 2.05) is 18.3 Å². The molecule has 0 spiro atoms. The first kappa shape index (κ1) is 14.0. The molecule has 22 heavy (non-hydrogen) atoms. The summed E-state index contributed by atoms with van der Waals surface area (Å²) in [5, 5.41) is 13.3. The van der Waals surface area contributed by atoms with Gasteiger partial charge in [-0.15, -0.1) is 0 Å². The van der Waals surface area contributed by atoms with E-state index < -0.39 is 0 Å². The lowest BCUT2D eigenvalue weighted by atomic mass is 10.0. The van der Waals surface area contributed by atoms with Crippen LogP contribution in [0.25, 0.3) is 22.4 Å². The lowest BCUT2D eigenvalue weighted by Crippen LogP contribution is -1.97. The highest BCUT2D eigenvalue weighted by molar-refractivity contribution is 5.80. The first-order chi connectivity index (χ1) is 10.8. The Bertz CT molecular complexity index is 801. The molecule has 0 fully saturated rings. The van der Waals surface area contributed by atoms with Gasteiger partial charge in [0.15, 0.2) is 0 Å². The number of benzene rings is 1. The van der Waals surface area contributed by atoms with Crippen LogP contribution in [0.4, 0.5) is 4.39 Å². The summed E-state index contributed by atoms with van der Waals surface area (Å²) in [7, 11) is 0. The third kappa shape index (κ3) is 2.86. The maximum atomic E-state index is 13.1. The first-order valence-electron chi connectivity index (χ1n) is 6.88. The zero-order valence-corrected chi connectivity index (χ0v) is 11.8. The molecule has 0 atom stereocenters. The van der Waals surface area contributed by atoms with Gasteiger partial charge >= 0.3 is 0 Å². The van der Waals surface area contributed by atoms with Gasteiger partial charge in [0.2, 0.25) is 0 Å².